The molecular weight excluding hydrogens is 390 g/mol. The third-order valence-electron chi connectivity index (χ3n) is 6.16. The summed E-state index contributed by atoms with van der Waals surface area (Å²) in [6.45, 7) is 4.33. The third-order valence-corrected chi connectivity index (χ3v) is 6.16. The molecule has 0 aliphatic carbocycles. The monoisotopic (exact) mass is 419 g/mol. The quantitative estimate of drug-likeness (QED) is 0.602. The van der Waals surface area contributed by atoms with Gasteiger partial charge >= 0.3 is 0 Å². The molecular formula is C26H29NO4. The van der Waals surface area contributed by atoms with Gasteiger partial charge in [0.25, 0.3) is 5.91 Å². The molecule has 3 aromatic rings. The Morgan fingerprint density at radius 1 is 1.03 bits per heavy atom. The Kier molecular flexibility index (Phi) is 6.42. The molecule has 0 radical (unpaired) electrons. The van der Waals surface area contributed by atoms with E-state index in [1.165, 1.54) is 5.56 Å². The van der Waals surface area contributed by atoms with E-state index >= 15 is 0 Å². The first-order chi connectivity index (χ1) is 15.2. The minimum absolute atomic E-state index is 0.111. The standard InChI is InChI=1S/C26H29NO4/c1-3-31-23-13-8-19-6-4-5-7-22(19)24(23)25(28)27-18-26(14-16-30-17-15-26)20-9-11-21(29-2)12-10-20/h4-13H,3,14-18H2,1-2H3,(H,27,28). The van der Waals surface area contributed by atoms with E-state index in [1.807, 2.05) is 55.5 Å². The zero-order valence-corrected chi connectivity index (χ0v) is 18.1. The van der Waals surface area contributed by atoms with Gasteiger partial charge in [0.15, 0.2) is 0 Å². The Balaban J connectivity index is 1.63. The van der Waals surface area contributed by atoms with Crippen LogP contribution in [0.25, 0.3) is 10.8 Å². The molecule has 31 heavy (non-hydrogen) atoms. The molecule has 0 atom stereocenters. The first-order valence-corrected chi connectivity index (χ1v) is 10.8. The lowest BCUT2D eigenvalue weighted by Crippen LogP contribution is -2.44. The number of hydrogen-bond acceptors (Lipinski definition) is 4. The van der Waals surface area contributed by atoms with Crippen LogP contribution in [0.4, 0.5) is 0 Å². The third kappa shape index (κ3) is 4.37. The lowest BCUT2D eigenvalue weighted by Gasteiger charge is -2.38. The van der Waals surface area contributed by atoms with Gasteiger partial charge in [-0.05, 0) is 54.3 Å². The Morgan fingerprint density at radius 3 is 2.48 bits per heavy atom. The maximum atomic E-state index is 13.4. The molecule has 0 aromatic heterocycles. The Bertz CT molecular complexity index is 1040. The highest BCUT2D eigenvalue weighted by atomic mass is 16.5. The molecule has 0 unspecified atom stereocenters. The molecule has 0 spiro atoms. The van der Waals surface area contributed by atoms with Crippen LogP contribution in [0.3, 0.4) is 0 Å². The van der Waals surface area contributed by atoms with E-state index in [4.69, 9.17) is 14.2 Å². The summed E-state index contributed by atoms with van der Waals surface area (Å²) in [5, 5.41) is 5.14. The fourth-order valence-electron chi connectivity index (χ4n) is 4.37. The van der Waals surface area contributed by atoms with Gasteiger partial charge in [0.05, 0.1) is 19.3 Å². The van der Waals surface area contributed by atoms with Crippen molar-refractivity contribution in [3.8, 4) is 11.5 Å². The zero-order valence-electron chi connectivity index (χ0n) is 18.1. The number of amides is 1. The van der Waals surface area contributed by atoms with Gasteiger partial charge in [-0.3, -0.25) is 4.79 Å². The number of ether oxygens (including phenoxy) is 3. The summed E-state index contributed by atoms with van der Waals surface area (Å²) in [5.41, 5.74) is 1.62. The normalized spacial score (nSPS) is 15.4. The summed E-state index contributed by atoms with van der Waals surface area (Å²) >= 11 is 0. The predicted octanol–water partition coefficient (Wildman–Crippen LogP) is 4.73. The SMILES string of the molecule is CCOc1ccc2ccccc2c1C(=O)NCC1(c2ccc(OC)cc2)CCOCC1. The van der Waals surface area contributed by atoms with Crippen LogP contribution in [0.5, 0.6) is 11.5 Å². The fourth-order valence-corrected chi connectivity index (χ4v) is 4.37. The summed E-state index contributed by atoms with van der Waals surface area (Å²) in [6.07, 6.45) is 1.71. The smallest absolute Gasteiger partial charge is 0.255 e. The Labute approximate surface area is 183 Å². The molecule has 1 aliphatic rings. The minimum Gasteiger partial charge on any atom is -0.497 e. The number of methoxy groups -OCH3 is 1. The average Bonchev–Trinajstić information content (AvgIpc) is 2.83. The van der Waals surface area contributed by atoms with Gasteiger partial charge in [-0.2, -0.15) is 0 Å². The molecule has 5 nitrogen and oxygen atoms in total. The van der Waals surface area contributed by atoms with Crippen LogP contribution < -0.4 is 14.8 Å². The summed E-state index contributed by atoms with van der Waals surface area (Å²) in [5.74, 6) is 1.33. The van der Waals surface area contributed by atoms with Gasteiger partial charge in [-0.1, -0.05) is 42.5 Å². The van der Waals surface area contributed by atoms with E-state index in [0.29, 0.717) is 37.7 Å². The van der Waals surface area contributed by atoms with Gasteiger partial charge in [0.2, 0.25) is 0 Å². The Morgan fingerprint density at radius 2 is 1.77 bits per heavy atom. The Hall–Kier alpha value is -3.05. The van der Waals surface area contributed by atoms with Crippen molar-refractivity contribution in [3.63, 3.8) is 0 Å². The lowest BCUT2D eigenvalue weighted by molar-refractivity contribution is 0.0487. The molecule has 1 aliphatic heterocycles. The van der Waals surface area contributed by atoms with E-state index in [2.05, 4.69) is 17.4 Å². The van der Waals surface area contributed by atoms with Crippen molar-refractivity contribution in [2.45, 2.75) is 25.2 Å². The van der Waals surface area contributed by atoms with Crippen LogP contribution in [-0.4, -0.2) is 39.4 Å². The number of rotatable bonds is 7. The topological polar surface area (TPSA) is 56.8 Å². The fraction of sp³-hybridized carbons (Fsp3) is 0.346. The second kappa shape index (κ2) is 9.40. The molecule has 5 heteroatoms. The number of hydrogen-bond donors (Lipinski definition) is 1. The number of carbonyl (C=O) groups excluding carboxylic acids is 1. The van der Waals surface area contributed by atoms with Crippen LogP contribution in [0.15, 0.2) is 60.7 Å². The summed E-state index contributed by atoms with van der Waals surface area (Å²) in [6, 6.07) is 19.9. The number of benzene rings is 3. The van der Waals surface area contributed by atoms with Crippen molar-refractivity contribution in [2.24, 2.45) is 0 Å². The highest BCUT2D eigenvalue weighted by Crippen LogP contribution is 2.36. The molecule has 0 saturated carbocycles. The summed E-state index contributed by atoms with van der Waals surface area (Å²) in [4.78, 5) is 13.4. The van der Waals surface area contributed by atoms with Gasteiger partial charge in [0, 0.05) is 25.2 Å². The van der Waals surface area contributed by atoms with E-state index in [0.717, 1.165) is 29.4 Å². The molecule has 0 bridgehead atoms. The highest BCUT2D eigenvalue weighted by Gasteiger charge is 2.35. The summed E-state index contributed by atoms with van der Waals surface area (Å²) in [7, 11) is 1.67. The molecule has 1 amide bonds. The maximum absolute atomic E-state index is 13.4. The van der Waals surface area contributed by atoms with Crippen molar-refractivity contribution in [1.29, 1.82) is 0 Å². The van der Waals surface area contributed by atoms with Gasteiger partial charge < -0.3 is 19.5 Å². The van der Waals surface area contributed by atoms with Gasteiger partial charge in [0.1, 0.15) is 11.5 Å². The minimum atomic E-state index is -0.170. The van der Waals surface area contributed by atoms with Gasteiger partial charge in [-0.15, -0.1) is 0 Å². The predicted molar refractivity (Wildman–Crippen MR) is 122 cm³/mol. The second-order valence-electron chi connectivity index (χ2n) is 7.90. The van der Waals surface area contributed by atoms with Crippen molar-refractivity contribution in [1.82, 2.24) is 5.32 Å². The molecule has 3 aromatic carbocycles. The van der Waals surface area contributed by atoms with Crippen molar-refractivity contribution in [3.05, 3.63) is 71.8 Å². The number of nitrogens with one attached hydrogen (secondary N) is 1. The molecule has 1 N–H and O–H groups in total. The zero-order chi connectivity index (χ0) is 21.7. The number of carbonyl (C=O) groups is 1. The van der Waals surface area contributed by atoms with Gasteiger partial charge in [-0.25, -0.2) is 0 Å². The van der Waals surface area contributed by atoms with Crippen molar-refractivity contribution < 1.29 is 19.0 Å². The van der Waals surface area contributed by atoms with Crippen molar-refractivity contribution >= 4 is 16.7 Å². The van der Waals surface area contributed by atoms with E-state index < -0.39 is 0 Å². The molecule has 1 fully saturated rings. The first-order valence-electron chi connectivity index (χ1n) is 10.8. The summed E-state index contributed by atoms with van der Waals surface area (Å²) < 4.78 is 16.7. The number of fused-ring (bicyclic) bond motifs is 1. The van der Waals surface area contributed by atoms with Crippen LogP contribution in [-0.2, 0) is 10.2 Å². The van der Waals surface area contributed by atoms with Crippen LogP contribution >= 0.6 is 0 Å². The molecule has 4 rings (SSSR count). The highest BCUT2D eigenvalue weighted by molar-refractivity contribution is 6.09. The van der Waals surface area contributed by atoms with Crippen LogP contribution in [0.1, 0.15) is 35.7 Å². The molecule has 1 heterocycles. The van der Waals surface area contributed by atoms with E-state index in [1.54, 1.807) is 7.11 Å². The first kappa shape index (κ1) is 21.2. The average molecular weight is 420 g/mol. The van der Waals surface area contributed by atoms with E-state index in [-0.39, 0.29) is 11.3 Å². The lowest BCUT2D eigenvalue weighted by atomic mass is 9.74. The van der Waals surface area contributed by atoms with Crippen molar-refractivity contribution in [2.75, 3.05) is 33.5 Å². The molecule has 1 saturated heterocycles. The molecule has 162 valence electrons. The van der Waals surface area contributed by atoms with Crippen LogP contribution in [0.2, 0.25) is 0 Å². The van der Waals surface area contributed by atoms with Crippen LogP contribution in [0, 0.1) is 0 Å². The second-order valence-corrected chi connectivity index (χ2v) is 7.90. The maximum Gasteiger partial charge on any atom is 0.255 e. The van der Waals surface area contributed by atoms with E-state index in [9.17, 15) is 4.79 Å². The largest absolute Gasteiger partial charge is 0.497 e.